The minimum absolute atomic E-state index is 0.394. The van der Waals surface area contributed by atoms with Crippen LogP contribution in [0.15, 0.2) is 18.5 Å². The Morgan fingerprint density at radius 2 is 2.25 bits per heavy atom. The molecule has 0 amide bonds. The van der Waals surface area contributed by atoms with Crippen LogP contribution in [0.25, 0.3) is 0 Å². The molecule has 4 nitrogen and oxygen atoms in total. The normalized spacial score (nSPS) is 12.4. The third-order valence-corrected chi connectivity index (χ3v) is 2.37. The molecule has 4 heteroatoms. The van der Waals surface area contributed by atoms with Crippen LogP contribution in [0.4, 0.5) is 5.69 Å². The molecule has 0 aliphatic heterocycles. The van der Waals surface area contributed by atoms with Gasteiger partial charge in [0.25, 0.3) is 0 Å². The van der Waals surface area contributed by atoms with Crippen LogP contribution < -0.4 is 10.6 Å². The van der Waals surface area contributed by atoms with Gasteiger partial charge in [-0.3, -0.25) is 4.98 Å². The van der Waals surface area contributed by atoms with Crippen molar-refractivity contribution < 1.29 is 4.74 Å². The lowest BCUT2D eigenvalue weighted by atomic mass is 10.2. The summed E-state index contributed by atoms with van der Waals surface area (Å²) in [5, 5.41) is 6.74. The van der Waals surface area contributed by atoms with Crippen LogP contribution in [0, 0.1) is 6.92 Å². The fourth-order valence-corrected chi connectivity index (χ4v) is 1.50. The first-order valence-corrected chi connectivity index (χ1v) is 5.61. The molecule has 1 aromatic rings. The van der Waals surface area contributed by atoms with E-state index in [1.165, 1.54) is 5.56 Å². The Balaban J connectivity index is 2.19. The molecule has 90 valence electrons. The standard InChI is InChI=1S/C12H21N3O/c1-10-8-13-5-4-12(10)15-7-6-14-11(2)9-16-3/h4-5,8,11,14H,6-7,9H2,1-3H3,(H,13,15). The van der Waals surface area contributed by atoms with Gasteiger partial charge in [0, 0.05) is 44.3 Å². The highest BCUT2D eigenvalue weighted by atomic mass is 16.5. The number of methoxy groups -OCH3 is 1. The topological polar surface area (TPSA) is 46.2 Å². The Labute approximate surface area is 97.4 Å². The van der Waals surface area contributed by atoms with E-state index >= 15 is 0 Å². The summed E-state index contributed by atoms with van der Waals surface area (Å²) in [4.78, 5) is 4.05. The molecule has 0 aromatic carbocycles. The molecule has 0 fully saturated rings. The van der Waals surface area contributed by atoms with Crippen LogP contribution in [0.5, 0.6) is 0 Å². The van der Waals surface area contributed by atoms with Crippen molar-refractivity contribution in [1.29, 1.82) is 0 Å². The van der Waals surface area contributed by atoms with E-state index in [-0.39, 0.29) is 0 Å². The number of anilines is 1. The molecule has 1 atom stereocenters. The first kappa shape index (κ1) is 12.9. The van der Waals surface area contributed by atoms with Gasteiger partial charge in [0.1, 0.15) is 0 Å². The van der Waals surface area contributed by atoms with Crippen molar-refractivity contribution in [3.05, 3.63) is 24.0 Å². The number of rotatable bonds is 7. The third kappa shape index (κ3) is 4.59. The number of aryl methyl sites for hydroxylation is 1. The molecular formula is C12H21N3O. The summed E-state index contributed by atoms with van der Waals surface area (Å²) < 4.78 is 5.05. The van der Waals surface area contributed by atoms with Crippen LogP contribution in [0.1, 0.15) is 12.5 Å². The van der Waals surface area contributed by atoms with Crippen LogP contribution in [-0.2, 0) is 4.74 Å². The summed E-state index contributed by atoms with van der Waals surface area (Å²) in [6.45, 7) is 6.73. The van der Waals surface area contributed by atoms with Gasteiger partial charge in [-0.15, -0.1) is 0 Å². The summed E-state index contributed by atoms with van der Waals surface area (Å²) in [6, 6.07) is 2.39. The molecule has 0 saturated heterocycles. The average molecular weight is 223 g/mol. The highest BCUT2D eigenvalue weighted by molar-refractivity contribution is 5.48. The zero-order chi connectivity index (χ0) is 11.8. The SMILES string of the molecule is COCC(C)NCCNc1ccncc1C. The number of nitrogens with one attached hydrogen (secondary N) is 2. The van der Waals surface area contributed by atoms with Gasteiger partial charge < -0.3 is 15.4 Å². The predicted molar refractivity (Wildman–Crippen MR) is 66.8 cm³/mol. The van der Waals surface area contributed by atoms with Gasteiger partial charge in [0.15, 0.2) is 0 Å². The Bertz CT molecular complexity index is 304. The van der Waals surface area contributed by atoms with E-state index in [1.807, 2.05) is 12.3 Å². The fraction of sp³-hybridized carbons (Fsp3) is 0.583. The lowest BCUT2D eigenvalue weighted by Gasteiger charge is -2.14. The van der Waals surface area contributed by atoms with Crippen molar-refractivity contribution in [2.24, 2.45) is 0 Å². The molecule has 2 N–H and O–H groups in total. The molecule has 1 aromatic heterocycles. The molecule has 0 bridgehead atoms. The zero-order valence-electron chi connectivity index (χ0n) is 10.3. The maximum absolute atomic E-state index is 5.05. The number of nitrogens with zero attached hydrogens (tertiary/aromatic N) is 1. The second-order valence-electron chi connectivity index (χ2n) is 3.93. The molecule has 0 radical (unpaired) electrons. The van der Waals surface area contributed by atoms with Gasteiger partial charge in [-0.05, 0) is 25.5 Å². The van der Waals surface area contributed by atoms with Gasteiger partial charge >= 0.3 is 0 Å². The predicted octanol–water partition coefficient (Wildman–Crippen LogP) is 1.43. The minimum Gasteiger partial charge on any atom is -0.383 e. The van der Waals surface area contributed by atoms with Crippen molar-refractivity contribution in [2.75, 3.05) is 32.1 Å². The largest absolute Gasteiger partial charge is 0.383 e. The maximum atomic E-state index is 5.05. The molecule has 0 aliphatic carbocycles. The Hall–Kier alpha value is -1.13. The molecule has 16 heavy (non-hydrogen) atoms. The van der Waals surface area contributed by atoms with E-state index in [4.69, 9.17) is 4.74 Å². The first-order chi connectivity index (χ1) is 7.74. The Morgan fingerprint density at radius 1 is 1.44 bits per heavy atom. The highest BCUT2D eigenvalue weighted by Crippen LogP contribution is 2.10. The number of aromatic nitrogens is 1. The fourth-order valence-electron chi connectivity index (χ4n) is 1.50. The maximum Gasteiger partial charge on any atom is 0.0613 e. The van der Waals surface area contributed by atoms with E-state index in [0.717, 1.165) is 25.4 Å². The van der Waals surface area contributed by atoms with E-state index in [1.54, 1.807) is 13.3 Å². The van der Waals surface area contributed by atoms with E-state index < -0.39 is 0 Å². The van der Waals surface area contributed by atoms with Gasteiger partial charge in [0.2, 0.25) is 0 Å². The molecular weight excluding hydrogens is 202 g/mol. The number of hydrogen-bond acceptors (Lipinski definition) is 4. The van der Waals surface area contributed by atoms with Crippen LogP contribution in [0.3, 0.4) is 0 Å². The lowest BCUT2D eigenvalue weighted by Crippen LogP contribution is -2.33. The summed E-state index contributed by atoms with van der Waals surface area (Å²) in [7, 11) is 1.72. The van der Waals surface area contributed by atoms with Gasteiger partial charge in [0.05, 0.1) is 6.61 Å². The number of pyridine rings is 1. The molecule has 1 unspecified atom stereocenters. The van der Waals surface area contributed by atoms with Gasteiger partial charge in [-0.25, -0.2) is 0 Å². The van der Waals surface area contributed by atoms with Crippen LogP contribution in [0.2, 0.25) is 0 Å². The van der Waals surface area contributed by atoms with Crippen molar-refractivity contribution in [3.63, 3.8) is 0 Å². The first-order valence-electron chi connectivity index (χ1n) is 5.61. The average Bonchev–Trinajstić information content (AvgIpc) is 2.27. The van der Waals surface area contributed by atoms with Crippen molar-refractivity contribution in [1.82, 2.24) is 10.3 Å². The van der Waals surface area contributed by atoms with Crippen molar-refractivity contribution in [2.45, 2.75) is 19.9 Å². The number of ether oxygens (including phenoxy) is 1. The molecule has 0 saturated carbocycles. The van der Waals surface area contributed by atoms with Crippen molar-refractivity contribution in [3.8, 4) is 0 Å². The zero-order valence-corrected chi connectivity index (χ0v) is 10.3. The summed E-state index contributed by atoms with van der Waals surface area (Å²) >= 11 is 0. The Morgan fingerprint density at radius 3 is 2.94 bits per heavy atom. The molecule has 0 aliphatic rings. The lowest BCUT2D eigenvalue weighted by molar-refractivity contribution is 0.173. The van der Waals surface area contributed by atoms with Gasteiger partial charge in [-0.1, -0.05) is 0 Å². The van der Waals surface area contributed by atoms with Crippen LogP contribution in [-0.4, -0.2) is 37.8 Å². The minimum atomic E-state index is 0.394. The van der Waals surface area contributed by atoms with E-state index in [0.29, 0.717) is 6.04 Å². The quantitative estimate of drug-likeness (QED) is 0.686. The Kier molecular flexibility index (Phi) is 5.82. The summed E-state index contributed by atoms with van der Waals surface area (Å²) in [6.07, 6.45) is 3.67. The van der Waals surface area contributed by atoms with E-state index in [9.17, 15) is 0 Å². The van der Waals surface area contributed by atoms with Crippen LogP contribution >= 0.6 is 0 Å². The second-order valence-corrected chi connectivity index (χ2v) is 3.93. The molecule has 1 heterocycles. The molecule has 1 rings (SSSR count). The van der Waals surface area contributed by atoms with Crippen molar-refractivity contribution >= 4 is 5.69 Å². The monoisotopic (exact) mass is 223 g/mol. The third-order valence-electron chi connectivity index (χ3n) is 2.37. The summed E-state index contributed by atoms with van der Waals surface area (Å²) in [5.41, 5.74) is 2.32. The second kappa shape index (κ2) is 7.19. The smallest absolute Gasteiger partial charge is 0.0613 e. The number of hydrogen-bond donors (Lipinski definition) is 2. The molecule has 0 spiro atoms. The van der Waals surface area contributed by atoms with Gasteiger partial charge in [-0.2, -0.15) is 0 Å². The summed E-state index contributed by atoms with van der Waals surface area (Å²) in [5.74, 6) is 0. The highest BCUT2D eigenvalue weighted by Gasteiger charge is 1.99. The van der Waals surface area contributed by atoms with E-state index in [2.05, 4.69) is 29.5 Å².